The Morgan fingerprint density at radius 3 is 2.23 bits per heavy atom. The lowest BCUT2D eigenvalue weighted by molar-refractivity contribution is -0.137. The predicted octanol–water partition coefficient (Wildman–Crippen LogP) is 3.80. The van der Waals surface area contributed by atoms with Crippen molar-refractivity contribution in [2.45, 2.75) is 44.9 Å². The predicted molar refractivity (Wildman–Crippen MR) is 74.1 cm³/mol. The van der Waals surface area contributed by atoms with Crippen LogP contribution in [-0.2, 0) is 11.6 Å². The van der Waals surface area contributed by atoms with Crippen LogP contribution in [0.5, 0.6) is 0 Å². The van der Waals surface area contributed by atoms with Crippen molar-refractivity contribution >= 4 is 0 Å². The monoisotopic (exact) mass is 314 g/mol. The summed E-state index contributed by atoms with van der Waals surface area (Å²) in [5.41, 5.74) is -1.07. The van der Waals surface area contributed by atoms with E-state index in [1.165, 1.54) is 12.1 Å². The third-order valence-corrected chi connectivity index (χ3v) is 3.66. The zero-order valence-corrected chi connectivity index (χ0v) is 12.5. The molecule has 2 aromatic rings. The molecule has 0 fully saturated rings. The van der Waals surface area contributed by atoms with Gasteiger partial charge in [0, 0.05) is 5.56 Å². The average Bonchev–Trinajstić information content (AvgIpc) is 2.96. The van der Waals surface area contributed by atoms with Gasteiger partial charge < -0.3 is 9.52 Å². The summed E-state index contributed by atoms with van der Waals surface area (Å²) >= 11 is 0. The second kappa shape index (κ2) is 5.72. The maximum atomic E-state index is 12.5. The van der Waals surface area contributed by atoms with Crippen LogP contribution in [0.2, 0.25) is 0 Å². The topological polar surface area (TPSA) is 59.2 Å². The van der Waals surface area contributed by atoms with Crippen molar-refractivity contribution in [2.24, 2.45) is 0 Å². The Morgan fingerprint density at radius 1 is 1.14 bits per heavy atom. The number of rotatable bonds is 4. The van der Waals surface area contributed by atoms with E-state index in [4.69, 9.17) is 4.42 Å². The summed E-state index contributed by atoms with van der Waals surface area (Å²) in [7, 11) is 0. The molecule has 22 heavy (non-hydrogen) atoms. The molecular formula is C15H17F3N2O2. The van der Waals surface area contributed by atoms with E-state index in [9.17, 15) is 18.3 Å². The van der Waals surface area contributed by atoms with Crippen LogP contribution < -0.4 is 0 Å². The van der Waals surface area contributed by atoms with Crippen LogP contribution in [0.3, 0.4) is 0 Å². The summed E-state index contributed by atoms with van der Waals surface area (Å²) in [5, 5.41) is 17.7. The van der Waals surface area contributed by atoms with Crippen LogP contribution in [0.1, 0.15) is 38.6 Å². The molecule has 0 saturated carbocycles. The number of hydrogen-bond acceptors (Lipinski definition) is 4. The van der Waals surface area contributed by atoms with Gasteiger partial charge in [-0.05, 0) is 44.5 Å². The SMILES string of the molecule is CCC(O)C(C)(C)c1nnc(-c2ccc(C(F)(F)F)cc2)o1. The van der Waals surface area contributed by atoms with E-state index in [1.54, 1.807) is 13.8 Å². The van der Waals surface area contributed by atoms with Crippen molar-refractivity contribution in [3.05, 3.63) is 35.7 Å². The molecule has 7 heteroatoms. The van der Waals surface area contributed by atoms with E-state index in [2.05, 4.69) is 10.2 Å². The van der Waals surface area contributed by atoms with Gasteiger partial charge in [0.25, 0.3) is 0 Å². The van der Waals surface area contributed by atoms with Crippen molar-refractivity contribution in [3.8, 4) is 11.5 Å². The van der Waals surface area contributed by atoms with Gasteiger partial charge in [-0.3, -0.25) is 0 Å². The van der Waals surface area contributed by atoms with E-state index >= 15 is 0 Å². The molecule has 0 amide bonds. The highest BCUT2D eigenvalue weighted by molar-refractivity contribution is 5.53. The van der Waals surface area contributed by atoms with Crippen LogP contribution in [0.4, 0.5) is 13.2 Å². The van der Waals surface area contributed by atoms with Gasteiger partial charge in [-0.2, -0.15) is 13.2 Å². The average molecular weight is 314 g/mol. The molecule has 1 aromatic carbocycles. The molecule has 1 aromatic heterocycles. The smallest absolute Gasteiger partial charge is 0.416 e. The largest absolute Gasteiger partial charge is 0.420 e. The second-order valence-electron chi connectivity index (χ2n) is 5.63. The van der Waals surface area contributed by atoms with E-state index in [0.29, 0.717) is 12.0 Å². The Bertz CT molecular complexity index is 633. The first-order valence-corrected chi connectivity index (χ1v) is 6.86. The van der Waals surface area contributed by atoms with Gasteiger partial charge in [0.1, 0.15) is 0 Å². The third-order valence-electron chi connectivity index (χ3n) is 3.66. The lowest BCUT2D eigenvalue weighted by Gasteiger charge is -2.25. The molecule has 1 unspecified atom stereocenters. The third kappa shape index (κ3) is 3.14. The first kappa shape index (κ1) is 16.5. The standard InChI is InChI=1S/C15H17F3N2O2/c1-4-11(21)14(2,3)13-20-19-12(22-13)9-5-7-10(8-6-9)15(16,17)18/h5-8,11,21H,4H2,1-3H3. The van der Waals surface area contributed by atoms with E-state index < -0.39 is 23.3 Å². The molecule has 1 N–H and O–H groups in total. The highest BCUT2D eigenvalue weighted by Crippen LogP contribution is 2.32. The van der Waals surface area contributed by atoms with E-state index in [1.807, 2.05) is 6.92 Å². The molecule has 0 spiro atoms. The maximum absolute atomic E-state index is 12.5. The second-order valence-corrected chi connectivity index (χ2v) is 5.63. The van der Waals surface area contributed by atoms with Crippen LogP contribution in [0.25, 0.3) is 11.5 Å². The minimum Gasteiger partial charge on any atom is -0.420 e. The molecule has 4 nitrogen and oxygen atoms in total. The molecule has 120 valence electrons. The van der Waals surface area contributed by atoms with Crippen molar-refractivity contribution in [2.75, 3.05) is 0 Å². The Labute approximate surface area is 126 Å². The van der Waals surface area contributed by atoms with Crippen LogP contribution in [0.15, 0.2) is 28.7 Å². The normalized spacial score (nSPS) is 14.1. The van der Waals surface area contributed by atoms with E-state index in [0.717, 1.165) is 12.1 Å². The molecule has 0 aliphatic rings. The Balaban J connectivity index is 2.29. The highest BCUT2D eigenvalue weighted by atomic mass is 19.4. The summed E-state index contributed by atoms with van der Waals surface area (Å²) in [6.45, 7) is 5.37. The van der Waals surface area contributed by atoms with Crippen LogP contribution >= 0.6 is 0 Å². The first-order chi connectivity index (χ1) is 10.2. The first-order valence-electron chi connectivity index (χ1n) is 6.86. The number of hydrogen-bond donors (Lipinski definition) is 1. The van der Waals surface area contributed by atoms with Gasteiger partial charge in [-0.1, -0.05) is 6.92 Å². The highest BCUT2D eigenvalue weighted by Gasteiger charge is 2.34. The molecule has 0 saturated heterocycles. The number of aliphatic hydroxyl groups excluding tert-OH is 1. The molecule has 1 atom stereocenters. The van der Waals surface area contributed by atoms with Crippen LogP contribution in [0, 0.1) is 0 Å². The lowest BCUT2D eigenvalue weighted by Crippen LogP contribution is -2.33. The van der Waals surface area contributed by atoms with Gasteiger partial charge in [-0.15, -0.1) is 10.2 Å². The minimum atomic E-state index is -4.38. The molecule has 1 heterocycles. The maximum Gasteiger partial charge on any atom is 0.416 e. The lowest BCUT2D eigenvalue weighted by atomic mass is 9.85. The number of halogens is 3. The van der Waals surface area contributed by atoms with Crippen molar-refractivity contribution in [1.29, 1.82) is 0 Å². The van der Waals surface area contributed by atoms with Gasteiger partial charge in [0.05, 0.1) is 17.1 Å². The molecule has 2 rings (SSSR count). The zero-order valence-electron chi connectivity index (χ0n) is 12.5. The fourth-order valence-electron chi connectivity index (χ4n) is 2.05. The molecular weight excluding hydrogens is 297 g/mol. The fourth-order valence-corrected chi connectivity index (χ4v) is 2.05. The number of benzene rings is 1. The number of aliphatic hydroxyl groups is 1. The number of aromatic nitrogens is 2. The summed E-state index contributed by atoms with van der Waals surface area (Å²) in [4.78, 5) is 0. The summed E-state index contributed by atoms with van der Waals surface area (Å²) in [6.07, 6.45) is -4.52. The molecule has 0 bridgehead atoms. The summed E-state index contributed by atoms with van der Waals surface area (Å²) in [6, 6.07) is 4.49. The van der Waals surface area contributed by atoms with Gasteiger partial charge >= 0.3 is 6.18 Å². The molecule has 0 aliphatic carbocycles. The van der Waals surface area contributed by atoms with Gasteiger partial charge in [0.15, 0.2) is 0 Å². The quantitative estimate of drug-likeness (QED) is 0.932. The van der Waals surface area contributed by atoms with Gasteiger partial charge in [-0.25, -0.2) is 0 Å². The molecule has 0 aliphatic heterocycles. The van der Waals surface area contributed by atoms with Crippen molar-refractivity contribution in [1.82, 2.24) is 10.2 Å². The number of alkyl halides is 3. The fraction of sp³-hybridized carbons (Fsp3) is 0.467. The van der Waals surface area contributed by atoms with Crippen LogP contribution in [-0.4, -0.2) is 21.4 Å². The molecule has 0 radical (unpaired) electrons. The Hall–Kier alpha value is -1.89. The Morgan fingerprint density at radius 2 is 1.73 bits per heavy atom. The number of nitrogens with zero attached hydrogens (tertiary/aromatic N) is 2. The minimum absolute atomic E-state index is 0.125. The van der Waals surface area contributed by atoms with Crippen molar-refractivity contribution < 1.29 is 22.7 Å². The zero-order chi connectivity index (χ0) is 16.5. The summed E-state index contributed by atoms with van der Waals surface area (Å²) in [5.74, 6) is 0.372. The Kier molecular flexibility index (Phi) is 4.28. The van der Waals surface area contributed by atoms with Crippen molar-refractivity contribution in [3.63, 3.8) is 0 Å². The van der Waals surface area contributed by atoms with Gasteiger partial charge in [0.2, 0.25) is 11.8 Å². The van der Waals surface area contributed by atoms with E-state index in [-0.39, 0.29) is 11.8 Å². The summed E-state index contributed by atoms with van der Waals surface area (Å²) < 4.78 is 43.1.